The van der Waals surface area contributed by atoms with Gasteiger partial charge in [0, 0.05) is 32.7 Å². The SMILES string of the molecule is CCCNC(=O)C(O)C(O)C(=O)OC.CCCNCCCCCNC(=O)C(O)C(O)C(=O)OC.CCCNCCCCCNCCCCCNC(=O)C(O)C(O)C(=O)OC.COC(=O)C(O)C(O)C(=O)NCCCCCN.COC(=O)C(O)C(O)C(=O)NCCCCCNCCCCCN. The van der Waals surface area contributed by atoms with Gasteiger partial charge >= 0.3 is 29.8 Å². The van der Waals surface area contributed by atoms with Gasteiger partial charge in [0.05, 0.1) is 35.5 Å². The predicted molar refractivity (Wildman–Crippen MR) is 369 cm³/mol. The van der Waals surface area contributed by atoms with Crippen LogP contribution in [0, 0.1) is 0 Å². The molecule has 0 rings (SSSR count). The summed E-state index contributed by atoms with van der Waals surface area (Å²) in [4.78, 5) is 111. The number of hydrogen-bond acceptors (Lipinski definition) is 31. The van der Waals surface area contributed by atoms with Gasteiger partial charge in [0.1, 0.15) is 0 Å². The minimum atomic E-state index is -1.86. The Bertz CT molecular complexity index is 2080. The number of carbonyl (C=O) groups excluding carboxylic acids is 10. The highest BCUT2D eigenvalue weighted by Crippen LogP contribution is 2.04. The zero-order valence-corrected chi connectivity index (χ0v) is 60.5. The van der Waals surface area contributed by atoms with Crippen molar-refractivity contribution in [3.8, 4) is 0 Å². The lowest BCUT2D eigenvalue weighted by Crippen LogP contribution is -2.46. The summed E-state index contributed by atoms with van der Waals surface area (Å²) in [5, 5.41) is 119. The monoisotopic (exact) mass is 1450 g/mol. The molecule has 0 aliphatic heterocycles. The number of carbonyl (C=O) groups is 10. The topological polar surface area (TPSA) is 579 Å². The largest absolute Gasteiger partial charge is 0.467 e. The fourth-order valence-corrected chi connectivity index (χ4v) is 7.79. The molecular weight excluding hydrogens is 1320 g/mol. The molecule has 10 atom stereocenters. The van der Waals surface area contributed by atoms with Gasteiger partial charge in [-0.05, 0) is 162 Å². The zero-order chi connectivity index (χ0) is 76.9. The third-order valence-corrected chi connectivity index (χ3v) is 13.9. The van der Waals surface area contributed by atoms with Crippen molar-refractivity contribution in [2.24, 2.45) is 11.5 Å². The molecule has 100 heavy (non-hydrogen) atoms. The number of unbranched alkanes of at least 4 members (excludes halogenated alkanes) is 12. The molecule has 590 valence electrons. The van der Waals surface area contributed by atoms with E-state index in [2.05, 4.69) is 85.4 Å². The number of nitrogens with two attached hydrogens (primary N) is 2. The normalized spacial score (nSPS) is 13.6. The van der Waals surface area contributed by atoms with E-state index in [1.165, 1.54) is 25.7 Å². The summed E-state index contributed by atoms with van der Waals surface area (Å²) in [6.45, 7) is 17.5. The number of aliphatic hydroxyl groups excluding tert-OH is 10. The lowest BCUT2D eigenvalue weighted by Gasteiger charge is -2.15. The number of esters is 5. The van der Waals surface area contributed by atoms with Crippen LogP contribution < -0.4 is 59.3 Å². The summed E-state index contributed by atoms with van der Waals surface area (Å²) in [5.41, 5.74) is 10.7. The van der Waals surface area contributed by atoms with E-state index < -0.39 is 120 Å². The van der Waals surface area contributed by atoms with Crippen molar-refractivity contribution >= 4 is 59.4 Å². The van der Waals surface area contributed by atoms with Crippen LogP contribution in [0.2, 0.25) is 0 Å². The van der Waals surface area contributed by atoms with Crippen LogP contribution in [0.25, 0.3) is 0 Å². The Hall–Kier alpha value is -5.94. The van der Waals surface area contributed by atoms with Crippen LogP contribution >= 0.6 is 0 Å². The van der Waals surface area contributed by atoms with Crippen molar-refractivity contribution in [3.05, 3.63) is 0 Å². The third kappa shape index (κ3) is 58.7. The van der Waals surface area contributed by atoms with Crippen LogP contribution in [0.5, 0.6) is 0 Å². The fraction of sp³-hybridized carbons (Fsp3) is 0.844. The van der Waals surface area contributed by atoms with E-state index in [1.54, 1.807) is 0 Å². The van der Waals surface area contributed by atoms with Crippen LogP contribution in [-0.2, 0) is 71.6 Å². The Kier molecular flexibility index (Phi) is 74.8. The number of hydrogen-bond donors (Lipinski definition) is 21. The highest BCUT2D eigenvalue weighted by Gasteiger charge is 2.34. The number of rotatable bonds is 55. The number of ether oxygens (including phenoxy) is 5. The second-order valence-corrected chi connectivity index (χ2v) is 22.5. The highest BCUT2D eigenvalue weighted by atomic mass is 16.6. The maximum atomic E-state index is 11.6. The summed E-state index contributed by atoms with van der Waals surface area (Å²) in [6.07, 6.45) is 2.36. The van der Waals surface area contributed by atoms with E-state index in [4.69, 9.17) is 21.7 Å². The second-order valence-electron chi connectivity index (χ2n) is 22.5. The van der Waals surface area contributed by atoms with Gasteiger partial charge in [0.2, 0.25) is 0 Å². The van der Waals surface area contributed by atoms with Crippen LogP contribution in [0.15, 0.2) is 0 Å². The molecule has 0 heterocycles. The van der Waals surface area contributed by atoms with Crippen molar-refractivity contribution in [2.45, 2.75) is 217 Å². The average Bonchev–Trinajstić information content (AvgIpc) is 1.04. The van der Waals surface area contributed by atoms with Gasteiger partial charge in [0.15, 0.2) is 61.0 Å². The second kappa shape index (κ2) is 72.8. The zero-order valence-electron chi connectivity index (χ0n) is 60.5. The van der Waals surface area contributed by atoms with Gasteiger partial charge in [-0.2, -0.15) is 0 Å². The Morgan fingerprint density at radius 3 is 0.570 bits per heavy atom. The lowest BCUT2D eigenvalue weighted by molar-refractivity contribution is -0.161. The van der Waals surface area contributed by atoms with Crippen molar-refractivity contribution in [3.63, 3.8) is 0 Å². The number of aliphatic hydroxyl groups is 10. The molecule has 36 heteroatoms. The number of methoxy groups -OCH3 is 5. The van der Waals surface area contributed by atoms with E-state index in [0.29, 0.717) is 45.7 Å². The molecule has 0 saturated carbocycles. The fourth-order valence-electron chi connectivity index (χ4n) is 7.79. The molecule has 0 spiro atoms. The molecule has 0 bridgehead atoms. The Morgan fingerprint density at radius 1 is 0.240 bits per heavy atom. The molecule has 36 nitrogen and oxygen atoms in total. The van der Waals surface area contributed by atoms with E-state index in [0.717, 1.165) is 197 Å². The minimum Gasteiger partial charge on any atom is -0.467 e. The first-order valence-corrected chi connectivity index (χ1v) is 34.5. The quantitative estimate of drug-likeness (QED) is 0.0153. The molecule has 0 aliphatic rings. The first kappa shape index (κ1) is 103. The molecule has 0 aromatic carbocycles. The molecule has 0 aliphatic carbocycles. The summed E-state index contributed by atoms with van der Waals surface area (Å²) in [6, 6.07) is 0. The van der Waals surface area contributed by atoms with Crippen molar-refractivity contribution in [1.82, 2.24) is 47.9 Å². The molecule has 0 aromatic heterocycles. The number of nitrogens with one attached hydrogen (secondary N) is 9. The Morgan fingerprint density at radius 2 is 0.400 bits per heavy atom. The van der Waals surface area contributed by atoms with Crippen molar-refractivity contribution < 1.29 is 123 Å². The number of amides is 5. The molecular formula is C64H129N11O25. The van der Waals surface area contributed by atoms with Gasteiger partial charge in [-0.25, -0.2) is 24.0 Å². The molecule has 0 fully saturated rings. The van der Waals surface area contributed by atoms with Crippen molar-refractivity contribution in [2.75, 3.05) is 134 Å². The predicted octanol–water partition coefficient (Wildman–Crippen LogP) is -5.49. The summed E-state index contributed by atoms with van der Waals surface area (Å²) in [7, 11) is 5.34. The van der Waals surface area contributed by atoms with E-state index in [-0.39, 0.29) is 0 Å². The first-order chi connectivity index (χ1) is 47.7. The van der Waals surface area contributed by atoms with Gasteiger partial charge in [-0.1, -0.05) is 59.3 Å². The first-order valence-electron chi connectivity index (χ1n) is 34.5. The third-order valence-electron chi connectivity index (χ3n) is 13.9. The van der Waals surface area contributed by atoms with Gasteiger partial charge in [-0.3, -0.25) is 24.0 Å². The Labute approximate surface area is 590 Å². The van der Waals surface area contributed by atoms with Gasteiger partial charge in [0.25, 0.3) is 29.5 Å². The summed E-state index contributed by atoms with van der Waals surface area (Å²) >= 11 is 0. The van der Waals surface area contributed by atoms with Crippen LogP contribution in [0.4, 0.5) is 0 Å². The van der Waals surface area contributed by atoms with Crippen molar-refractivity contribution in [1.29, 1.82) is 0 Å². The minimum absolute atomic E-state index is 0.365. The maximum Gasteiger partial charge on any atom is 0.338 e. The van der Waals surface area contributed by atoms with Gasteiger partial charge in [-0.15, -0.1) is 0 Å². The molecule has 5 amide bonds. The van der Waals surface area contributed by atoms with E-state index in [1.807, 2.05) is 6.92 Å². The smallest absolute Gasteiger partial charge is 0.338 e. The van der Waals surface area contributed by atoms with Gasteiger partial charge < -0.3 is 134 Å². The summed E-state index contributed by atoms with van der Waals surface area (Å²) < 4.78 is 21.1. The standard InChI is InChI=1S/C18H37N3O5.C15H31N3O5.C13H26N2O5.C10H20N2O5.C8H15NO5/c1-3-10-19-11-6-4-7-12-20-13-8-5-9-14-21-17(24)15(22)16(23)18(25)26-2;1-23-15(22)13(20)12(19)14(21)18-11-7-3-6-10-17-9-5-2-4-8-16;1-3-7-14-8-5-4-6-9-15-12(18)10(16)11(17)13(19)20-2;1-17-10(16)8(14)7(13)9(15)12-6-4-2-3-5-11;1-3-4-9-7(12)5(10)6(11)8(13)14-2/h15-16,19-20,22-23H,3-14H2,1-2H3,(H,21,24);12-13,17,19-20H,2-11,16H2,1H3,(H,18,21);10-11,14,16-17H,3-9H2,1-2H3,(H,15,18);7-8,13-14H,2-6,11H2,1H3,(H,12,15);5-6,10-11H,3-4H2,1-2H3,(H,9,12). The van der Waals surface area contributed by atoms with Crippen LogP contribution in [0.3, 0.4) is 0 Å². The molecule has 10 unspecified atom stereocenters. The molecule has 23 N–H and O–H groups in total. The average molecular weight is 1450 g/mol. The highest BCUT2D eigenvalue weighted by molar-refractivity contribution is 5.90. The molecule has 0 saturated heterocycles. The Balaban J connectivity index is -0.000000382. The van der Waals surface area contributed by atoms with E-state index >= 15 is 0 Å². The lowest BCUT2D eigenvalue weighted by atomic mass is 10.2. The maximum absolute atomic E-state index is 11.6. The van der Waals surface area contributed by atoms with E-state index in [9.17, 15) is 88.8 Å². The molecule has 0 aromatic rings. The summed E-state index contributed by atoms with van der Waals surface area (Å²) in [5.74, 6) is -9.08. The van der Waals surface area contributed by atoms with Crippen LogP contribution in [0.1, 0.15) is 156 Å². The molecule has 0 radical (unpaired) electrons. The van der Waals surface area contributed by atoms with Crippen LogP contribution in [-0.4, -0.2) is 305 Å².